The van der Waals surface area contributed by atoms with E-state index in [-0.39, 0.29) is 0 Å². The minimum absolute atomic E-state index is 0.358. The van der Waals surface area contributed by atoms with Gasteiger partial charge in [0, 0.05) is 11.6 Å². The Labute approximate surface area is 167 Å². The van der Waals surface area contributed by atoms with Crippen LogP contribution in [-0.4, -0.2) is 22.2 Å². The van der Waals surface area contributed by atoms with Gasteiger partial charge >= 0.3 is 11.9 Å². The first-order valence-corrected chi connectivity index (χ1v) is 8.77. The number of aliphatic carboxylic acids is 2. The third-order valence-corrected chi connectivity index (χ3v) is 3.84. The Hall–Kier alpha value is -3.40. The predicted octanol–water partition coefficient (Wildman–Crippen LogP) is 5.72. The molecule has 0 aliphatic heterocycles. The van der Waals surface area contributed by atoms with Crippen molar-refractivity contribution in [3.8, 4) is 0 Å². The normalized spacial score (nSPS) is 15.1. The summed E-state index contributed by atoms with van der Waals surface area (Å²) >= 11 is 0. The van der Waals surface area contributed by atoms with Crippen LogP contribution in [-0.2, 0) is 9.59 Å². The van der Waals surface area contributed by atoms with Crippen molar-refractivity contribution in [3.63, 3.8) is 0 Å². The number of carbonyl (C=O) groups is 2. The molecule has 28 heavy (non-hydrogen) atoms. The molecule has 0 atom stereocenters. The fourth-order valence-corrected chi connectivity index (χ4v) is 1.84. The predicted molar refractivity (Wildman–Crippen MR) is 116 cm³/mol. The van der Waals surface area contributed by atoms with E-state index in [1.807, 2.05) is 75.5 Å². The van der Waals surface area contributed by atoms with Crippen molar-refractivity contribution in [3.05, 3.63) is 107 Å². The number of hydrogen-bond donors (Lipinski definition) is 2. The molecule has 0 heterocycles. The average molecular weight is 380 g/mol. The summed E-state index contributed by atoms with van der Waals surface area (Å²) in [5.41, 5.74) is 3.12. The lowest BCUT2D eigenvalue weighted by molar-refractivity contribution is -0.133. The lowest BCUT2D eigenvalue weighted by atomic mass is 9.99. The lowest BCUT2D eigenvalue weighted by Crippen LogP contribution is -2.00. The second-order valence-corrected chi connectivity index (χ2v) is 5.84. The number of hydrogen-bond acceptors (Lipinski definition) is 2. The molecule has 0 bridgehead atoms. The first-order chi connectivity index (χ1) is 13.3. The van der Waals surface area contributed by atoms with Gasteiger partial charge < -0.3 is 10.2 Å². The molecule has 0 aliphatic carbocycles. The quantitative estimate of drug-likeness (QED) is 0.375. The van der Waals surface area contributed by atoms with E-state index in [0.29, 0.717) is 5.57 Å². The van der Waals surface area contributed by atoms with Crippen LogP contribution >= 0.6 is 0 Å². The van der Waals surface area contributed by atoms with E-state index in [2.05, 4.69) is 0 Å². The van der Waals surface area contributed by atoms with Crippen molar-refractivity contribution in [2.45, 2.75) is 27.7 Å². The van der Waals surface area contributed by atoms with Crippen LogP contribution < -0.4 is 0 Å². The molecule has 0 saturated carbocycles. The van der Waals surface area contributed by atoms with E-state index in [1.165, 1.54) is 6.08 Å². The molecule has 0 amide bonds. The molecule has 0 rings (SSSR count). The van der Waals surface area contributed by atoms with Crippen LogP contribution in [0.2, 0.25) is 0 Å². The molecule has 0 spiro atoms. The fraction of sp³-hybridized carbons (Fsp3) is 0.167. The van der Waals surface area contributed by atoms with Gasteiger partial charge in [-0.1, -0.05) is 79.0 Å². The van der Waals surface area contributed by atoms with Gasteiger partial charge in [0.2, 0.25) is 0 Å². The molecule has 0 aromatic carbocycles. The van der Waals surface area contributed by atoms with Gasteiger partial charge in [-0.25, -0.2) is 9.59 Å². The summed E-state index contributed by atoms with van der Waals surface area (Å²) in [7, 11) is 0. The van der Waals surface area contributed by atoms with E-state index < -0.39 is 11.9 Å². The Kier molecular flexibility index (Phi) is 12.9. The third kappa shape index (κ3) is 12.0. The van der Waals surface area contributed by atoms with Crippen molar-refractivity contribution in [2.24, 2.45) is 0 Å². The number of rotatable bonds is 10. The smallest absolute Gasteiger partial charge is 0.331 e. The van der Waals surface area contributed by atoms with Gasteiger partial charge in [0.25, 0.3) is 0 Å². The van der Waals surface area contributed by atoms with Crippen molar-refractivity contribution >= 4 is 11.9 Å². The van der Waals surface area contributed by atoms with Gasteiger partial charge in [-0.2, -0.15) is 0 Å². The van der Waals surface area contributed by atoms with E-state index in [4.69, 9.17) is 10.2 Å². The number of carboxylic acids is 2. The first-order valence-electron chi connectivity index (χ1n) is 8.77. The standard InChI is InChI=1S/C24H28O4/c1-19(20(2)21(3)22(4)24(27)28)17-15-13-11-9-7-5-6-8-10-12-14-16-18-23(25)26/h5-18H,1-4H3,(H,25,26)(H,27,28). The molecule has 0 saturated heterocycles. The van der Waals surface area contributed by atoms with Crippen LogP contribution in [0.3, 0.4) is 0 Å². The van der Waals surface area contributed by atoms with Gasteiger partial charge in [0.15, 0.2) is 0 Å². The van der Waals surface area contributed by atoms with Crippen molar-refractivity contribution < 1.29 is 19.8 Å². The summed E-state index contributed by atoms with van der Waals surface area (Å²) in [6.07, 6.45) is 24.7. The second-order valence-electron chi connectivity index (χ2n) is 5.84. The Morgan fingerprint density at radius 3 is 1.21 bits per heavy atom. The van der Waals surface area contributed by atoms with Crippen LogP contribution in [0.4, 0.5) is 0 Å². The maximum absolute atomic E-state index is 11.0. The molecule has 4 heteroatoms. The highest BCUT2D eigenvalue weighted by atomic mass is 16.4. The summed E-state index contributed by atoms with van der Waals surface area (Å²) < 4.78 is 0. The summed E-state index contributed by atoms with van der Waals surface area (Å²) in [5, 5.41) is 17.5. The van der Waals surface area contributed by atoms with Gasteiger partial charge in [-0.05, 0) is 44.4 Å². The van der Waals surface area contributed by atoms with Crippen LogP contribution in [0.5, 0.6) is 0 Å². The Morgan fingerprint density at radius 2 is 0.857 bits per heavy atom. The molecular formula is C24H28O4. The lowest BCUT2D eigenvalue weighted by Gasteiger charge is -2.07. The minimum Gasteiger partial charge on any atom is -0.478 e. The monoisotopic (exact) mass is 380 g/mol. The zero-order chi connectivity index (χ0) is 21.4. The molecule has 2 N–H and O–H groups in total. The van der Waals surface area contributed by atoms with Crippen molar-refractivity contribution in [1.82, 2.24) is 0 Å². The molecule has 148 valence electrons. The molecule has 4 nitrogen and oxygen atoms in total. The zero-order valence-corrected chi connectivity index (χ0v) is 16.8. The van der Waals surface area contributed by atoms with Gasteiger partial charge in [-0.15, -0.1) is 0 Å². The maximum atomic E-state index is 11.0. The highest BCUT2D eigenvalue weighted by Gasteiger charge is 2.07. The molecule has 0 aromatic rings. The van der Waals surface area contributed by atoms with Crippen LogP contribution in [0.25, 0.3) is 0 Å². The highest BCUT2D eigenvalue weighted by Crippen LogP contribution is 2.18. The maximum Gasteiger partial charge on any atom is 0.331 e. The molecule has 0 aromatic heterocycles. The minimum atomic E-state index is -0.969. The largest absolute Gasteiger partial charge is 0.478 e. The summed E-state index contributed by atoms with van der Waals surface area (Å²) in [6, 6.07) is 0. The Balaban J connectivity index is 4.54. The summed E-state index contributed by atoms with van der Waals surface area (Å²) in [5.74, 6) is -1.87. The summed E-state index contributed by atoms with van der Waals surface area (Å²) in [4.78, 5) is 21.3. The van der Waals surface area contributed by atoms with Gasteiger partial charge in [-0.3, -0.25) is 0 Å². The van der Waals surface area contributed by atoms with E-state index >= 15 is 0 Å². The number of allylic oxidation sites excluding steroid dienone is 16. The van der Waals surface area contributed by atoms with Crippen molar-refractivity contribution in [1.29, 1.82) is 0 Å². The van der Waals surface area contributed by atoms with E-state index in [9.17, 15) is 9.59 Å². The first kappa shape index (κ1) is 24.6. The van der Waals surface area contributed by atoms with E-state index in [0.717, 1.165) is 22.8 Å². The highest BCUT2D eigenvalue weighted by molar-refractivity contribution is 5.87. The Bertz CT molecular complexity index is 808. The fourth-order valence-electron chi connectivity index (χ4n) is 1.84. The van der Waals surface area contributed by atoms with E-state index in [1.54, 1.807) is 25.2 Å². The summed E-state index contributed by atoms with van der Waals surface area (Å²) in [6.45, 7) is 7.30. The Morgan fingerprint density at radius 1 is 0.500 bits per heavy atom. The molecule has 0 unspecified atom stereocenters. The topological polar surface area (TPSA) is 74.6 Å². The van der Waals surface area contributed by atoms with Crippen molar-refractivity contribution in [2.75, 3.05) is 0 Å². The van der Waals surface area contributed by atoms with Gasteiger partial charge in [0.1, 0.15) is 0 Å². The molecular weight excluding hydrogens is 352 g/mol. The van der Waals surface area contributed by atoms with Gasteiger partial charge in [0.05, 0.1) is 0 Å². The second kappa shape index (κ2) is 14.7. The molecule has 0 radical (unpaired) electrons. The van der Waals surface area contributed by atoms with Crippen LogP contribution in [0.15, 0.2) is 107 Å². The average Bonchev–Trinajstić information content (AvgIpc) is 2.65. The van der Waals surface area contributed by atoms with Crippen LogP contribution in [0, 0.1) is 0 Å². The molecule has 0 aliphatic rings. The number of carboxylic acid groups (broad SMARTS) is 2. The zero-order valence-electron chi connectivity index (χ0n) is 16.8. The SMILES string of the molecule is CC(C=CC=CC=CC=CC=CC=CC=CC(=O)O)=C(C)C(C)=C(C)C(=O)O. The third-order valence-electron chi connectivity index (χ3n) is 3.84. The molecule has 0 fully saturated rings. The van der Waals surface area contributed by atoms with Crippen LogP contribution in [0.1, 0.15) is 27.7 Å².